The van der Waals surface area contributed by atoms with Crippen molar-refractivity contribution in [1.29, 1.82) is 0 Å². The summed E-state index contributed by atoms with van der Waals surface area (Å²) in [5, 5.41) is 11.3. The molecule has 0 fully saturated rings. The number of nitrogens with zero attached hydrogens (tertiary/aromatic N) is 2. The van der Waals surface area contributed by atoms with Gasteiger partial charge in [0, 0.05) is 12.3 Å². The SMILES string of the molecule is Cc1ccc(OC(F)F)c(NC(=S)Nc2ccn(Cc3ccc(Cl)c(Cl)c3)n2)c1. The maximum atomic E-state index is 12.6. The first-order chi connectivity index (χ1) is 13.8. The number of alkyl halides is 2. The van der Waals surface area contributed by atoms with Crippen LogP contribution in [0.5, 0.6) is 5.75 Å². The summed E-state index contributed by atoms with van der Waals surface area (Å²) < 4.78 is 31.4. The standard InChI is InChI=1S/C19H16Cl2F2N4OS/c1-11-2-5-16(28-18(22)23)15(8-11)24-19(29)25-17-6-7-27(26-17)10-12-3-4-13(20)14(21)9-12/h2-9,18H,10H2,1H3,(H2,24,25,26,29). The predicted molar refractivity (Wildman–Crippen MR) is 115 cm³/mol. The van der Waals surface area contributed by atoms with E-state index in [1.54, 1.807) is 41.2 Å². The minimum atomic E-state index is -2.93. The molecule has 0 saturated heterocycles. The van der Waals surface area contributed by atoms with E-state index in [0.29, 0.717) is 28.1 Å². The Balaban J connectivity index is 1.65. The van der Waals surface area contributed by atoms with Gasteiger partial charge in [0.05, 0.1) is 22.3 Å². The van der Waals surface area contributed by atoms with Crippen LogP contribution in [0.1, 0.15) is 11.1 Å². The van der Waals surface area contributed by atoms with Crippen molar-refractivity contribution in [3.8, 4) is 5.75 Å². The molecule has 0 unspecified atom stereocenters. The fraction of sp³-hybridized carbons (Fsp3) is 0.158. The maximum absolute atomic E-state index is 12.6. The summed E-state index contributed by atoms with van der Waals surface area (Å²) in [6.45, 7) is -0.613. The lowest BCUT2D eigenvalue weighted by molar-refractivity contribution is -0.0493. The van der Waals surface area contributed by atoms with Crippen LogP contribution in [-0.4, -0.2) is 21.5 Å². The maximum Gasteiger partial charge on any atom is 0.387 e. The van der Waals surface area contributed by atoms with Gasteiger partial charge in [0.25, 0.3) is 0 Å². The number of nitrogens with one attached hydrogen (secondary N) is 2. The molecule has 0 aliphatic heterocycles. The van der Waals surface area contributed by atoms with Crippen LogP contribution in [0.3, 0.4) is 0 Å². The number of halogens is 4. The molecule has 2 N–H and O–H groups in total. The molecule has 3 aromatic rings. The van der Waals surface area contributed by atoms with Crippen LogP contribution in [0, 0.1) is 6.92 Å². The number of aryl methyl sites for hydroxylation is 1. The average Bonchev–Trinajstić information content (AvgIpc) is 3.07. The smallest absolute Gasteiger partial charge is 0.387 e. The number of aromatic nitrogens is 2. The van der Waals surface area contributed by atoms with Gasteiger partial charge in [-0.3, -0.25) is 4.68 Å². The molecular formula is C19H16Cl2F2N4OS. The fourth-order valence-corrected chi connectivity index (χ4v) is 3.09. The molecule has 1 heterocycles. The Morgan fingerprint density at radius 1 is 1.14 bits per heavy atom. The third-order valence-electron chi connectivity index (χ3n) is 3.81. The Morgan fingerprint density at radius 2 is 1.93 bits per heavy atom. The zero-order valence-electron chi connectivity index (χ0n) is 15.1. The molecule has 3 rings (SSSR count). The van der Waals surface area contributed by atoms with E-state index in [9.17, 15) is 8.78 Å². The van der Waals surface area contributed by atoms with E-state index in [0.717, 1.165) is 11.1 Å². The van der Waals surface area contributed by atoms with Crippen LogP contribution in [0.25, 0.3) is 0 Å². The van der Waals surface area contributed by atoms with Crippen LogP contribution in [0.2, 0.25) is 10.0 Å². The number of benzene rings is 2. The van der Waals surface area contributed by atoms with E-state index < -0.39 is 6.61 Å². The highest BCUT2D eigenvalue weighted by molar-refractivity contribution is 7.80. The number of thiocarbonyl (C=S) groups is 1. The van der Waals surface area contributed by atoms with Gasteiger partial charge >= 0.3 is 6.61 Å². The van der Waals surface area contributed by atoms with Crippen molar-refractivity contribution < 1.29 is 13.5 Å². The topological polar surface area (TPSA) is 51.1 Å². The highest BCUT2D eigenvalue weighted by Crippen LogP contribution is 2.27. The molecule has 5 nitrogen and oxygen atoms in total. The Morgan fingerprint density at radius 3 is 2.66 bits per heavy atom. The van der Waals surface area contributed by atoms with Gasteiger partial charge < -0.3 is 15.4 Å². The number of ether oxygens (including phenoxy) is 1. The van der Waals surface area contributed by atoms with Crippen LogP contribution >= 0.6 is 35.4 Å². The highest BCUT2D eigenvalue weighted by Gasteiger charge is 2.12. The average molecular weight is 457 g/mol. The molecule has 1 aromatic heterocycles. The lowest BCUT2D eigenvalue weighted by Crippen LogP contribution is -2.20. The molecule has 0 radical (unpaired) electrons. The Bertz CT molecular complexity index is 1030. The summed E-state index contributed by atoms with van der Waals surface area (Å²) in [6, 6.07) is 11.9. The van der Waals surface area contributed by atoms with Crippen molar-refractivity contribution in [3.05, 3.63) is 69.8 Å². The molecule has 152 valence electrons. The second-order valence-corrected chi connectivity index (χ2v) is 7.33. The Hall–Kier alpha value is -2.42. The van der Waals surface area contributed by atoms with Crippen LogP contribution in [-0.2, 0) is 6.54 Å². The quantitative estimate of drug-likeness (QED) is 0.448. The molecule has 2 aromatic carbocycles. The second kappa shape index (κ2) is 9.39. The van der Waals surface area contributed by atoms with Gasteiger partial charge in [0.15, 0.2) is 10.9 Å². The van der Waals surface area contributed by atoms with Crippen molar-refractivity contribution in [2.45, 2.75) is 20.1 Å². The third kappa shape index (κ3) is 6.03. The van der Waals surface area contributed by atoms with E-state index in [1.165, 1.54) is 6.07 Å². The van der Waals surface area contributed by atoms with Crippen molar-refractivity contribution >= 4 is 52.0 Å². The number of hydrogen-bond acceptors (Lipinski definition) is 3. The number of rotatable bonds is 6. The molecule has 0 aliphatic rings. The zero-order chi connectivity index (χ0) is 21.0. The predicted octanol–water partition coefficient (Wildman–Crippen LogP) is 5.96. The first-order valence-corrected chi connectivity index (χ1v) is 9.57. The second-order valence-electron chi connectivity index (χ2n) is 6.10. The molecule has 0 saturated carbocycles. The van der Waals surface area contributed by atoms with Gasteiger partial charge in [-0.1, -0.05) is 35.3 Å². The lowest BCUT2D eigenvalue weighted by atomic mass is 10.2. The molecule has 0 atom stereocenters. The monoisotopic (exact) mass is 456 g/mol. The highest BCUT2D eigenvalue weighted by atomic mass is 35.5. The van der Waals surface area contributed by atoms with Gasteiger partial charge in [0.1, 0.15) is 5.75 Å². The summed E-state index contributed by atoms with van der Waals surface area (Å²) in [5.41, 5.74) is 2.13. The molecule has 0 amide bonds. The van der Waals surface area contributed by atoms with E-state index in [4.69, 9.17) is 35.4 Å². The van der Waals surface area contributed by atoms with E-state index in [2.05, 4.69) is 20.5 Å². The largest absolute Gasteiger partial charge is 0.433 e. The Kier molecular flexibility index (Phi) is 6.89. The molecule has 10 heteroatoms. The van der Waals surface area contributed by atoms with Gasteiger partial charge in [0.2, 0.25) is 0 Å². The Labute approximate surface area is 181 Å². The van der Waals surface area contributed by atoms with Gasteiger partial charge in [-0.2, -0.15) is 13.9 Å². The first kappa shape index (κ1) is 21.3. The van der Waals surface area contributed by atoms with Crippen molar-refractivity contribution in [2.75, 3.05) is 10.6 Å². The normalized spacial score (nSPS) is 10.8. The van der Waals surface area contributed by atoms with Gasteiger partial charge in [-0.25, -0.2) is 0 Å². The van der Waals surface area contributed by atoms with Crippen molar-refractivity contribution in [1.82, 2.24) is 9.78 Å². The molecule has 0 aliphatic carbocycles. The third-order valence-corrected chi connectivity index (χ3v) is 4.75. The van der Waals surface area contributed by atoms with E-state index in [1.807, 2.05) is 13.0 Å². The first-order valence-electron chi connectivity index (χ1n) is 8.41. The molecule has 0 spiro atoms. The summed E-state index contributed by atoms with van der Waals surface area (Å²) in [6.07, 6.45) is 1.77. The molecule has 0 bridgehead atoms. The summed E-state index contributed by atoms with van der Waals surface area (Å²) in [4.78, 5) is 0. The van der Waals surface area contributed by atoms with Gasteiger partial charge in [-0.05, 0) is 54.5 Å². The summed E-state index contributed by atoms with van der Waals surface area (Å²) in [7, 11) is 0. The molecular weight excluding hydrogens is 441 g/mol. The van der Waals surface area contributed by atoms with Crippen LogP contribution in [0.4, 0.5) is 20.3 Å². The van der Waals surface area contributed by atoms with Crippen LogP contribution in [0.15, 0.2) is 48.7 Å². The minimum absolute atomic E-state index is 0.0000959. The minimum Gasteiger partial charge on any atom is -0.433 e. The number of hydrogen-bond donors (Lipinski definition) is 2. The fourth-order valence-electron chi connectivity index (χ4n) is 2.55. The van der Waals surface area contributed by atoms with E-state index >= 15 is 0 Å². The zero-order valence-corrected chi connectivity index (χ0v) is 17.5. The summed E-state index contributed by atoms with van der Waals surface area (Å²) in [5.74, 6) is 0.492. The van der Waals surface area contributed by atoms with Crippen molar-refractivity contribution in [3.63, 3.8) is 0 Å². The van der Waals surface area contributed by atoms with Crippen molar-refractivity contribution in [2.24, 2.45) is 0 Å². The summed E-state index contributed by atoms with van der Waals surface area (Å²) >= 11 is 17.2. The van der Waals surface area contributed by atoms with Gasteiger partial charge in [-0.15, -0.1) is 0 Å². The number of anilines is 2. The van der Waals surface area contributed by atoms with Crippen LogP contribution < -0.4 is 15.4 Å². The molecule has 29 heavy (non-hydrogen) atoms. The van der Waals surface area contributed by atoms with E-state index in [-0.39, 0.29) is 10.9 Å². The lowest BCUT2D eigenvalue weighted by Gasteiger charge is -2.14.